The van der Waals surface area contributed by atoms with Crippen molar-refractivity contribution in [2.45, 2.75) is 281 Å². The van der Waals surface area contributed by atoms with E-state index in [4.69, 9.17) is 111 Å². The molecule has 0 unspecified atom stereocenters. The van der Waals surface area contributed by atoms with E-state index in [1.165, 1.54) is 36.6 Å². The molecule has 0 bridgehead atoms. The van der Waals surface area contributed by atoms with Crippen molar-refractivity contribution in [2.24, 2.45) is 0 Å². The Morgan fingerprint density at radius 2 is 0.782 bits per heavy atom. The number of imidazole rings is 3. The number of fused-ring (bicyclic) bond motifs is 5. The number of aliphatic hydroxyl groups excluding tert-OH is 2. The Kier molecular flexibility index (Phi) is 32.6. The van der Waals surface area contributed by atoms with Crippen LogP contribution in [-0.2, 0) is 98.3 Å². The maximum Gasteiger partial charge on any atom is 0.356 e. The molecule has 2 aromatic carbocycles. The summed E-state index contributed by atoms with van der Waals surface area (Å²) >= 11 is 6.17. The highest BCUT2D eigenvalue weighted by Gasteiger charge is 2.58. The first kappa shape index (κ1) is 95.2. The zero-order valence-electron chi connectivity index (χ0n) is 72.5. The fourth-order valence-corrected chi connectivity index (χ4v) is 19.2. The number of benzene rings is 2. The minimum absolute atomic E-state index is 0.0972. The first-order chi connectivity index (χ1) is 59.3. The quantitative estimate of drug-likeness (QED) is 0.0109. The summed E-state index contributed by atoms with van der Waals surface area (Å²) < 4.78 is 136. The largest absolute Gasteiger partial charge is 0.486 e. The van der Waals surface area contributed by atoms with E-state index >= 15 is 0 Å². The Morgan fingerprint density at radius 3 is 1.14 bits per heavy atom. The maximum absolute atomic E-state index is 12.9. The molecule has 6 aromatic heterocycles. The molecule has 124 heavy (non-hydrogen) atoms. The van der Waals surface area contributed by atoms with E-state index in [0.29, 0.717) is 86.3 Å². The summed E-state index contributed by atoms with van der Waals surface area (Å²) in [7, 11) is -11.7. The van der Waals surface area contributed by atoms with Gasteiger partial charge in [0.15, 0.2) is 92.9 Å². The number of rotatable bonds is 36. The minimum atomic E-state index is -4.38. The molecule has 3 saturated carbocycles. The summed E-state index contributed by atoms with van der Waals surface area (Å²) in [6.07, 6.45) is 8.37. The molecule has 0 radical (unpaired) electrons. The predicted octanol–water partition coefficient (Wildman–Crippen LogP) is 13.5. The van der Waals surface area contributed by atoms with Crippen LogP contribution in [0.1, 0.15) is 169 Å². The molecular weight excluding hydrogens is 1710 g/mol. The van der Waals surface area contributed by atoms with Gasteiger partial charge in [-0.2, -0.15) is 0 Å². The van der Waals surface area contributed by atoms with E-state index in [1.54, 1.807) is 40.3 Å². The molecule has 684 valence electrons. The van der Waals surface area contributed by atoms with Crippen molar-refractivity contribution in [3.63, 3.8) is 0 Å². The minimum Gasteiger partial charge on any atom is -0.486 e. The van der Waals surface area contributed by atoms with Gasteiger partial charge < -0.3 is 111 Å². The summed E-state index contributed by atoms with van der Waals surface area (Å²) in [5.41, 5.74) is 3.37. The Bertz CT molecular complexity index is 4880. The van der Waals surface area contributed by atoms with Crippen LogP contribution in [0, 0.1) is 0 Å². The molecule has 0 amide bonds. The molecular formula is C81H121ClN15O23P3Si. The third-order valence-corrected chi connectivity index (χ3v) is 25.5. The number of halogens is 1. The first-order valence-electron chi connectivity index (χ1n) is 42.8. The monoisotopic (exact) mass is 1830 g/mol. The molecule has 8 fully saturated rings. The molecule has 5 saturated heterocycles. The smallest absolute Gasteiger partial charge is 0.356 e. The highest BCUT2D eigenvalue weighted by atomic mass is 35.5. The number of aliphatic hydroxyl groups is 2. The number of anilines is 3. The molecule has 12 atom stereocenters. The molecule has 5 aliphatic heterocycles. The Labute approximate surface area is 727 Å². The summed E-state index contributed by atoms with van der Waals surface area (Å²) in [5, 5.41) is 31.8. The van der Waals surface area contributed by atoms with Gasteiger partial charge in [0.05, 0.1) is 71.1 Å². The molecule has 38 nitrogen and oxygen atoms in total. The number of hydrogen-bond donors (Lipinski definition) is 7. The van der Waals surface area contributed by atoms with Crippen LogP contribution >= 0.6 is 34.4 Å². The Hall–Kier alpha value is -6.43. The Balaban J connectivity index is 0.000000156. The van der Waals surface area contributed by atoms with Crippen LogP contribution in [0.15, 0.2) is 79.6 Å². The maximum atomic E-state index is 12.9. The average molecular weight is 1830 g/mol. The van der Waals surface area contributed by atoms with Crippen molar-refractivity contribution in [2.75, 3.05) is 81.2 Å². The fraction of sp³-hybridized carbons (Fsp3) is 0.667. The van der Waals surface area contributed by atoms with Crippen molar-refractivity contribution in [3.8, 4) is 11.5 Å². The lowest BCUT2D eigenvalue weighted by Crippen LogP contribution is -2.34. The third-order valence-electron chi connectivity index (χ3n) is 21.2. The van der Waals surface area contributed by atoms with Gasteiger partial charge in [-0.15, -0.1) is 11.6 Å². The molecule has 3 aliphatic carbocycles. The van der Waals surface area contributed by atoms with E-state index in [0.717, 1.165) is 57.1 Å². The second-order valence-corrected chi connectivity index (χ2v) is 45.9. The molecule has 43 heteroatoms. The van der Waals surface area contributed by atoms with Gasteiger partial charge in [0.2, 0.25) is 0 Å². The lowest BCUT2D eigenvalue weighted by atomic mass is 10.1. The van der Waals surface area contributed by atoms with Crippen LogP contribution in [0.25, 0.3) is 33.5 Å². The number of ether oxygens (including phenoxy) is 12. The summed E-state index contributed by atoms with van der Waals surface area (Å²) in [6.45, 7) is 25.0. The SMILES string of the molecule is CCOP(=O)(COC[C@H]1O[C@@H](n2cnc3c(NC4CCCC4)nc(CCl)nc32)[C@@H]2OC(C)(C)O[C@@H]21)OCC.CCOP(=O)(COC[C@H]1O[C@@H](n2cnc3c(NC4CCCC4)nc(COc4ccccc4)nc32)[C@@H]2OC(C)(C)O[C@@H]21)OCC.C[Si](C)(C)C.O=P(O)(O)COC[C@H]1O[C@@H](n2cnc3c(NC4CCCC4)nc(COc4ccccc4)nc32)[C@H](O)[C@@H]1O. The van der Waals surface area contributed by atoms with Crippen LogP contribution in [-0.4, -0.2) is 237 Å². The topological polar surface area (TPSA) is 447 Å². The van der Waals surface area contributed by atoms with Gasteiger partial charge in [0.25, 0.3) is 0 Å². The summed E-state index contributed by atoms with van der Waals surface area (Å²) in [5.74, 6) is 3.24. The van der Waals surface area contributed by atoms with Crippen LogP contribution < -0.4 is 25.4 Å². The van der Waals surface area contributed by atoms with Gasteiger partial charge in [-0.25, -0.2) is 44.9 Å². The number of nitrogens with zero attached hydrogens (tertiary/aromatic N) is 12. The average Bonchev–Trinajstić information content (AvgIpc) is 1.59. The van der Waals surface area contributed by atoms with Crippen molar-refractivity contribution < 1.29 is 109 Å². The standard InChI is InChI=1S/C30H42N5O8P.C24H37ClN5O7P.C23H30N5O8P.C4H12Si/c1-5-39-44(36,40-6-2)19-37-16-22-25-26(43-30(3,4)42-25)29(41-22)35-18-31-24-27(32-20-12-10-11-13-20)33-23(34-28(24)35)17-38-21-14-8-7-9-15-21;1-5-33-38(31,34-6-2)14-32-12-16-19-20(37-24(3,4)36-19)23(35-16)30-13-26-18-21(27-15-9-7-8-10-15)28-17(11-25)29-22(18)30;29-19-16(10-34-13-37(31,32)33)36-23(20(19)30)28-12-24-18-21(25-14-6-4-5-7-14)26-17(27-22(18)28)11-35-15-8-2-1-3-9-15;1-5(2,3)4/h7-9,14-15,18,20,22,25-26,29H,5-6,10-13,16-17,19H2,1-4H3,(H,32,33,34);13,15-16,19-20,23H,5-12,14H2,1-4H3,(H,27,28,29);1-3,8-9,12,14,16,19-20,23,29-30H,4-7,10-11,13H2,(H,25,26,27)(H2,31,32,33);1-4H3/t22-,25-,26-,29-;2*16-,19-,20-,23-;/m111./s1. The van der Waals surface area contributed by atoms with E-state index in [-0.39, 0.29) is 84.1 Å². The summed E-state index contributed by atoms with van der Waals surface area (Å²) in [6, 6.07) is 19.8. The summed E-state index contributed by atoms with van der Waals surface area (Å²) in [4.78, 5) is 60.1. The second-order valence-electron chi connectivity index (χ2n) is 34.0. The van der Waals surface area contributed by atoms with Crippen LogP contribution in [0.3, 0.4) is 0 Å². The van der Waals surface area contributed by atoms with Crippen molar-refractivity contribution in [1.29, 1.82) is 0 Å². The van der Waals surface area contributed by atoms with Crippen LogP contribution in [0.4, 0.5) is 17.5 Å². The lowest BCUT2D eigenvalue weighted by molar-refractivity contribution is -0.201. The first-order valence-corrected chi connectivity index (χ1v) is 52.6. The number of alkyl halides is 1. The zero-order chi connectivity index (χ0) is 88.1. The fourth-order valence-electron chi connectivity index (χ4n) is 16.0. The van der Waals surface area contributed by atoms with Gasteiger partial charge in [-0.05, 0) is 118 Å². The van der Waals surface area contributed by atoms with Crippen LogP contribution in [0.2, 0.25) is 26.2 Å². The predicted molar refractivity (Wildman–Crippen MR) is 462 cm³/mol. The molecule has 8 aliphatic rings. The second kappa shape index (κ2) is 42.4. The van der Waals surface area contributed by atoms with E-state index in [2.05, 4.69) is 72.0 Å². The zero-order valence-corrected chi connectivity index (χ0v) is 76.9. The van der Waals surface area contributed by atoms with Gasteiger partial charge in [-0.1, -0.05) is 101 Å². The third kappa shape index (κ3) is 25.0. The van der Waals surface area contributed by atoms with Gasteiger partial charge >= 0.3 is 22.8 Å². The number of aromatic nitrogens is 12. The normalized spacial score (nSPS) is 25.1. The highest BCUT2D eigenvalue weighted by Crippen LogP contribution is 2.52. The van der Waals surface area contributed by atoms with Gasteiger partial charge in [-0.3, -0.25) is 27.4 Å². The van der Waals surface area contributed by atoms with Crippen molar-refractivity contribution in [3.05, 3.63) is 97.1 Å². The molecule has 8 aromatic rings. The number of para-hydroxylation sites is 2. The van der Waals surface area contributed by atoms with Crippen molar-refractivity contribution in [1.82, 2.24) is 58.6 Å². The van der Waals surface area contributed by atoms with E-state index in [9.17, 15) is 23.9 Å². The van der Waals surface area contributed by atoms with Gasteiger partial charge in [0, 0.05) is 26.2 Å². The van der Waals surface area contributed by atoms with E-state index in [1.807, 2.05) is 97.5 Å². The molecule has 11 heterocycles. The number of nitrogens with one attached hydrogen (secondary N) is 3. The van der Waals surface area contributed by atoms with Crippen molar-refractivity contribution >= 4 is 93.4 Å². The molecule has 16 rings (SSSR count). The molecule has 0 spiro atoms. The Morgan fingerprint density at radius 1 is 0.460 bits per heavy atom. The lowest BCUT2D eigenvalue weighted by Gasteiger charge is -2.25. The van der Waals surface area contributed by atoms with Crippen LogP contribution in [0.5, 0.6) is 11.5 Å². The molecule has 7 N–H and O–H groups in total. The van der Waals surface area contributed by atoms with Gasteiger partial charge in [0.1, 0.15) is 105 Å². The highest BCUT2D eigenvalue weighted by molar-refractivity contribution is 7.54. The number of hydrogen-bond acceptors (Lipinski definition) is 33. The van der Waals surface area contributed by atoms with E-state index < -0.39 is 122 Å².